The predicted octanol–water partition coefficient (Wildman–Crippen LogP) is 3.88. The highest BCUT2D eigenvalue weighted by Crippen LogP contribution is 2.44. The fraction of sp³-hybridized carbons (Fsp3) is 0.400. The lowest BCUT2D eigenvalue weighted by molar-refractivity contribution is 0.378. The summed E-state index contributed by atoms with van der Waals surface area (Å²) < 4.78 is 0. The van der Waals surface area contributed by atoms with Crippen LogP contribution in [0.5, 0.6) is 0 Å². The highest BCUT2D eigenvalue weighted by Gasteiger charge is 2.39. The molecule has 0 bridgehead atoms. The molecule has 0 aliphatic carbocycles. The summed E-state index contributed by atoms with van der Waals surface area (Å²) in [6.45, 7) is 3.24. The Bertz CT molecular complexity index is 539. The van der Waals surface area contributed by atoms with E-state index in [1.165, 1.54) is 15.5 Å². The highest BCUT2D eigenvalue weighted by molar-refractivity contribution is 7.99. The van der Waals surface area contributed by atoms with Crippen molar-refractivity contribution in [2.75, 3.05) is 12.3 Å². The zero-order valence-corrected chi connectivity index (χ0v) is 12.7. The number of nitrogens with zero attached hydrogens (tertiary/aromatic N) is 1. The summed E-state index contributed by atoms with van der Waals surface area (Å²) in [5.74, 6) is 1.15. The Kier molecular flexibility index (Phi) is 3.91. The van der Waals surface area contributed by atoms with Crippen LogP contribution in [-0.4, -0.2) is 17.3 Å². The molecule has 1 aliphatic rings. The van der Waals surface area contributed by atoms with Crippen LogP contribution in [0.1, 0.15) is 30.3 Å². The lowest BCUT2D eigenvalue weighted by Crippen LogP contribution is -2.46. The molecule has 1 aromatic carbocycles. The van der Waals surface area contributed by atoms with Crippen LogP contribution in [0, 0.1) is 0 Å². The second-order valence-corrected chi connectivity index (χ2v) is 6.80. The average Bonchev–Trinajstić information content (AvgIpc) is 3.00. The molecule has 2 heterocycles. The molecule has 1 atom stereocenters. The maximum Gasteiger partial charge on any atom is 0.117 e. The molecule has 0 amide bonds. The zero-order chi connectivity index (χ0) is 13.1. The Labute approximate surface area is 122 Å². The molecule has 0 radical (unpaired) electrons. The molecular formula is C15H18N2S2. The van der Waals surface area contributed by atoms with Gasteiger partial charge in [-0.15, -0.1) is 23.1 Å². The van der Waals surface area contributed by atoms with Gasteiger partial charge >= 0.3 is 0 Å². The van der Waals surface area contributed by atoms with Crippen molar-refractivity contribution in [1.82, 2.24) is 10.3 Å². The molecule has 1 N–H and O–H groups in total. The molecule has 1 aliphatic heterocycles. The minimum Gasteiger partial charge on any atom is -0.302 e. The summed E-state index contributed by atoms with van der Waals surface area (Å²) in [7, 11) is 0. The van der Waals surface area contributed by atoms with Crippen molar-refractivity contribution in [2.45, 2.75) is 30.2 Å². The van der Waals surface area contributed by atoms with Gasteiger partial charge in [-0.1, -0.05) is 25.1 Å². The van der Waals surface area contributed by atoms with Gasteiger partial charge in [0.25, 0.3) is 0 Å². The fourth-order valence-corrected chi connectivity index (χ4v) is 4.71. The minimum atomic E-state index is -0.0774. The quantitative estimate of drug-likeness (QED) is 0.925. The van der Waals surface area contributed by atoms with Gasteiger partial charge in [0.05, 0.1) is 5.54 Å². The van der Waals surface area contributed by atoms with Crippen LogP contribution < -0.4 is 5.32 Å². The van der Waals surface area contributed by atoms with Crippen molar-refractivity contribution in [3.05, 3.63) is 46.4 Å². The number of hydrogen-bond acceptors (Lipinski definition) is 4. The Morgan fingerprint density at radius 1 is 1.37 bits per heavy atom. The molecule has 3 rings (SSSR count). The third-order valence-electron chi connectivity index (χ3n) is 3.56. The molecule has 4 heteroatoms. The first kappa shape index (κ1) is 13.2. The van der Waals surface area contributed by atoms with Crippen molar-refractivity contribution in [1.29, 1.82) is 0 Å². The largest absolute Gasteiger partial charge is 0.302 e. The molecule has 19 heavy (non-hydrogen) atoms. The predicted molar refractivity (Wildman–Crippen MR) is 83.0 cm³/mol. The second kappa shape index (κ2) is 5.65. The number of thiazole rings is 1. The maximum absolute atomic E-state index is 4.61. The molecule has 100 valence electrons. The van der Waals surface area contributed by atoms with Crippen molar-refractivity contribution in [3.63, 3.8) is 0 Å². The number of fused-ring (bicyclic) bond motifs is 1. The van der Waals surface area contributed by atoms with E-state index in [2.05, 4.69) is 46.9 Å². The van der Waals surface area contributed by atoms with E-state index in [1.807, 2.05) is 18.0 Å². The molecule has 0 saturated carbocycles. The second-order valence-electron chi connectivity index (χ2n) is 4.76. The van der Waals surface area contributed by atoms with Gasteiger partial charge in [-0.3, -0.25) is 0 Å². The van der Waals surface area contributed by atoms with Crippen LogP contribution in [0.2, 0.25) is 0 Å². The van der Waals surface area contributed by atoms with Crippen molar-refractivity contribution in [3.8, 4) is 0 Å². The van der Waals surface area contributed by atoms with E-state index in [0.29, 0.717) is 0 Å². The van der Waals surface area contributed by atoms with Crippen LogP contribution in [0.3, 0.4) is 0 Å². The first-order valence-corrected chi connectivity index (χ1v) is 8.60. The SMILES string of the molecule is CCCNC1(c2nccs2)CCSc2ccccc21. The highest BCUT2D eigenvalue weighted by atomic mass is 32.2. The van der Waals surface area contributed by atoms with E-state index in [9.17, 15) is 0 Å². The minimum absolute atomic E-state index is 0.0774. The van der Waals surface area contributed by atoms with Gasteiger partial charge in [-0.25, -0.2) is 4.98 Å². The lowest BCUT2D eigenvalue weighted by Gasteiger charge is -2.38. The van der Waals surface area contributed by atoms with Gasteiger partial charge in [0.1, 0.15) is 5.01 Å². The summed E-state index contributed by atoms with van der Waals surface area (Å²) >= 11 is 3.72. The number of hydrogen-bond donors (Lipinski definition) is 1. The fourth-order valence-electron chi connectivity index (χ4n) is 2.65. The summed E-state index contributed by atoms with van der Waals surface area (Å²) in [5.41, 5.74) is 1.32. The molecule has 1 aromatic heterocycles. The molecule has 1 unspecified atom stereocenters. The molecule has 0 spiro atoms. The lowest BCUT2D eigenvalue weighted by atomic mass is 9.87. The zero-order valence-electron chi connectivity index (χ0n) is 11.1. The van der Waals surface area contributed by atoms with Crippen LogP contribution in [-0.2, 0) is 5.54 Å². The van der Waals surface area contributed by atoms with Gasteiger partial charge in [-0.05, 0) is 31.0 Å². The van der Waals surface area contributed by atoms with Gasteiger partial charge in [0.2, 0.25) is 0 Å². The van der Waals surface area contributed by atoms with Crippen molar-refractivity contribution < 1.29 is 0 Å². The van der Waals surface area contributed by atoms with Crippen LogP contribution in [0.25, 0.3) is 0 Å². The Balaban J connectivity index is 2.10. The number of thioether (sulfide) groups is 1. The van der Waals surface area contributed by atoms with Crippen LogP contribution in [0.4, 0.5) is 0 Å². The molecular weight excluding hydrogens is 272 g/mol. The smallest absolute Gasteiger partial charge is 0.117 e. The van der Waals surface area contributed by atoms with E-state index in [4.69, 9.17) is 0 Å². The van der Waals surface area contributed by atoms with Gasteiger partial charge in [0.15, 0.2) is 0 Å². The van der Waals surface area contributed by atoms with E-state index >= 15 is 0 Å². The first-order chi connectivity index (χ1) is 9.37. The first-order valence-electron chi connectivity index (χ1n) is 6.74. The van der Waals surface area contributed by atoms with Gasteiger partial charge in [-0.2, -0.15) is 0 Å². The summed E-state index contributed by atoms with van der Waals surface area (Å²) in [4.78, 5) is 6.01. The van der Waals surface area contributed by atoms with E-state index < -0.39 is 0 Å². The Hall–Kier alpha value is -0.840. The maximum atomic E-state index is 4.61. The van der Waals surface area contributed by atoms with Crippen molar-refractivity contribution in [2.24, 2.45) is 0 Å². The topological polar surface area (TPSA) is 24.9 Å². The summed E-state index contributed by atoms with van der Waals surface area (Å²) in [6, 6.07) is 8.75. The average molecular weight is 290 g/mol. The van der Waals surface area contributed by atoms with Gasteiger partial charge < -0.3 is 5.32 Å². The van der Waals surface area contributed by atoms with E-state index in [-0.39, 0.29) is 5.54 Å². The number of rotatable bonds is 4. The van der Waals surface area contributed by atoms with E-state index in [0.717, 1.165) is 25.1 Å². The standard InChI is InChI=1S/C15H18N2S2/c1-2-8-17-15(14-16-9-11-19-14)7-10-18-13-6-4-3-5-12(13)15/h3-6,9,11,17H,2,7-8,10H2,1H3. The Morgan fingerprint density at radius 2 is 2.26 bits per heavy atom. The van der Waals surface area contributed by atoms with Crippen LogP contribution >= 0.6 is 23.1 Å². The van der Waals surface area contributed by atoms with Crippen LogP contribution in [0.15, 0.2) is 40.7 Å². The third kappa shape index (κ3) is 2.33. The third-order valence-corrected chi connectivity index (χ3v) is 5.57. The number of aromatic nitrogens is 1. The monoisotopic (exact) mass is 290 g/mol. The number of nitrogens with one attached hydrogen (secondary N) is 1. The Morgan fingerprint density at radius 3 is 3.05 bits per heavy atom. The van der Waals surface area contributed by atoms with Gasteiger partial charge in [0, 0.05) is 22.2 Å². The molecule has 2 aromatic rings. The molecule has 0 saturated heterocycles. The summed E-state index contributed by atoms with van der Waals surface area (Å²) in [6.07, 6.45) is 4.17. The summed E-state index contributed by atoms with van der Waals surface area (Å²) in [5, 5.41) is 7.06. The molecule has 2 nitrogen and oxygen atoms in total. The van der Waals surface area contributed by atoms with Crippen molar-refractivity contribution >= 4 is 23.1 Å². The number of benzene rings is 1. The normalized spacial score (nSPS) is 22.2. The molecule has 0 fully saturated rings. The van der Waals surface area contributed by atoms with E-state index in [1.54, 1.807) is 11.3 Å².